The fraction of sp³-hybridized carbons (Fsp3) is 0.118. The van der Waals surface area contributed by atoms with Gasteiger partial charge in [-0.05, 0) is 48.7 Å². The number of hydrogen-bond donors (Lipinski definition) is 1. The molecule has 0 unspecified atom stereocenters. The first-order valence-electron chi connectivity index (χ1n) is 6.37. The molecule has 1 N–H and O–H groups in total. The summed E-state index contributed by atoms with van der Waals surface area (Å²) >= 11 is 6.05. The Labute approximate surface area is 124 Å². The maximum atomic E-state index is 11.9. The summed E-state index contributed by atoms with van der Waals surface area (Å²) in [6.45, 7) is 3.90. The molecule has 3 heteroatoms. The molecule has 0 saturated carbocycles. The van der Waals surface area contributed by atoms with Gasteiger partial charge in [0, 0.05) is 16.8 Å². The van der Waals surface area contributed by atoms with E-state index in [0.717, 1.165) is 22.4 Å². The Bertz CT molecular complexity index is 662. The lowest BCUT2D eigenvalue weighted by molar-refractivity contribution is -0.111. The lowest BCUT2D eigenvalue weighted by Gasteiger charge is -2.05. The topological polar surface area (TPSA) is 29.1 Å². The molecule has 2 rings (SSSR count). The predicted octanol–water partition coefficient (Wildman–Crippen LogP) is 4.61. The van der Waals surface area contributed by atoms with Crippen LogP contribution in [-0.4, -0.2) is 5.91 Å². The zero-order chi connectivity index (χ0) is 14.5. The van der Waals surface area contributed by atoms with Crippen LogP contribution in [-0.2, 0) is 4.79 Å². The second kappa shape index (κ2) is 6.40. The Balaban J connectivity index is 2.06. The fourth-order valence-electron chi connectivity index (χ4n) is 1.77. The fourth-order valence-corrected chi connectivity index (χ4v) is 1.96. The highest BCUT2D eigenvalue weighted by atomic mass is 35.5. The number of hydrogen-bond acceptors (Lipinski definition) is 1. The number of carbonyl (C=O) groups is 1. The summed E-state index contributed by atoms with van der Waals surface area (Å²) in [6.07, 6.45) is 3.26. The Morgan fingerprint density at radius 3 is 2.55 bits per heavy atom. The van der Waals surface area contributed by atoms with E-state index in [2.05, 4.69) is 5.32 Å². The second-order valence-electron chi connectivity index (χ2n) is 4.65. The average Bonchev–Trinajstić information content (AvgIpc) is 2.43. The molecule has 0 aliphatic rings. The molecule has 0 heterocycles. The maximum absolute atomic E-state index is 11.9. The third kappa shape index (κ3) is 3.72. The van der Waals surface area contributed by atoms with Crippen molar-refractivity contribution in [1.29, 1.82) is 0 Å². The SMILES string of the molecule is Cc1ccc(C=CC(=O)Nc2ccccc2C)cc1Cl. The van der Waals surface area contributed by atoms with E-state index in [4.69, 9.17) is 11.6 Å². The average molecular weight is 286 g/mol. The standard InChI is InChI=1S/C17H16ClNO/c1-12-7-8-14(11-15(12)18)9-10-17(20)19-16-6-4-3-5-13(16)2/h3-11H,1-2H3,(H,19,20). The minimum Gasteiger partial charge on any atom is -0.322 e. The zero-order valence-corrected chi connectivity index (χ0v) is 12.2. The molecule has 0 spiro atoms. The molecule has 0 aliphatic carbocycles. The number of anilines is 1. The summed E-state index contributed by atoms with van der Waals surface area (Å²) in [7, 11) is 0. The van der Waals surface area contributed by atoms with Gasteiger partial charge in [-0.15, -0.1) is 0 Å². The summed E-state index contributed by atoms with van der Waals surface area (Å²) in [5, 5.41) is 3.55. The van der Waals surface area contributed by atoms with Crippen molar-refractivity contribution in [2.45, 2.75) is 13.8 Å². The van der Waals surface area contributed by atoms with Crippen molar-refractivity contribution in [3.63, 3.8) is 0 Å². The molecule has 2 aromatic rings. The summed E-state index contributed by atoms with van der Waals surface area (Å²) in [6, 6.07) is 13.4. The third-order valence-electron chi connectivity index (χ3n) is 3.03. The van der Waals surface area contributed by atoms with Crippen LogP contribution in [0.1, 0.15) is 16.7 Å². The van der Waals surface area contributed by atoms with Gasteiger partial charge in [-0.2, -0.15) is 0 Å². The number of benzene rings is 2. The quantitative estimate of drug-likeness (QED) is 0.820. The van der Waals surface area contributed by atoms with Crippen LogP contribution in [0.25, 0.3) is 6.08 Å². The molecule has 2 aromatic carbocycles. The van der Waals surface area contributed by atoms with Crippen LogP contribution in [0.15, 0.2) is 48.5 Å². The van der Waals surface area contributed by atoms with E-state index in [1.807, 2.05) is 56.3 Å². The third-order valence-corrected chi connectivity index (χ3v) is 3.43. The van der Waals surface area contributed by atoms with Gasteiger partial charge in [0.1, 0.15) is 0 Å². The highest BCUT2D eigenvalue weighted by Crippen LogP contribution is 2.18. The van der Waals surface area contributed by atoms with Crippen LogP contribution in [0.2, 0.25) is 5.02 Å². The molecule has 0 aliphatic heterocycles. The number of aryl methyl sites for hydroxylation is 2. The lowest BCUT2D eigenvalue weighted by atomic mass is 10.1. The first kappa shape index (κ1) is 14.4. The van der Waals surface area contributed by atoms with Crippen molar-refractivity contribution in [1.82, 2.24) is 0 Å². The van der Waals surface area contributed by atoms with Gasteiger partial charge in [0.25, 0.3) is 0 Å². The number of rotatable bonds is 3. The van der Waals surface area contributed by atoms with Crippen molar-refractivity contribution >= 4 is 29.3 Å². The molecule has 0 fully saturated rings. The summed E-state index contributed by atoms with van der Waals surface area (Å²) in [4.78, 5) is 11.9. The van der Waals surface area contributed by atoms with Crippen LogP contribution in [0.5, 0.6) is 0 Å². The molecule has 0 aromatic heterocycles. The van der Waals surface area contributed by atoms with Gasteiger partial charge in [-0.25, -0.2) is 0 Å². The molecule has 0 atom stereocenters. The van der Waals surface area contributed by atoms with Gasteiger partial charge in [0.15, 0.2) is 0 Å². The minimum absolute atomic E-state index is 0.156. The number of amides is 1. The predicted molar refractivity (Wildman–Crippen MR) is 85.0 cm³/mol. The van der Waals surface area contributed by atoms with Gasteiger partial charge in [-0.3, -0.25) is 4.79 Å². The minimum atomic E-state index is -0.156. The Kier molecular flexibility index (Phi) is 4.59. The second-order valence-corrected chi connectivity index (χ2v) is 5.05. The normalized spacial score (nSPS) is 10.8. The highest BCUT2D eigenvalue weighted by Gasteiger charge is 2.00. The van der Waals surface area contributed by atoms with Crippen LogP contribution >= 0.6 is 11.6 Å². The smallest absolute Gasteiger partial charge is 0.248 e. The number of para-hydroxylation sites is 1. The van der Waals surface area contributed by atoms with Crippen molar-refractivity contribution < 1.29 is 4.79 Å². The number of carbonyl (C=O) groups excluding carboxylic acids is 1. The van der Waals surface area contributed by atoms with Crippen molar-refractivity contribution in [2.24, 2.45) is 0 Å². The highest BCUT2D eigenvalue weighted by molar-refractivity contribution is 6.31. The van der Waals surface area contributed by atoms with E-state index in [9.17, 15) is 4.79 Å². The first-order valence-corrected chi connectivity index (χ1v) is 6.75. The molecule has 0 radical (unpaired) electrons. The molecule has 1 amide bonds. The first-order chi connectivity index (χ1) is 9.56. The molecule has 0 bridgehead atoms. The maximum Gasteiger partial charge on any atom is 0.248 e. The molecule has 102 valence electrons. The van der Waals surface area contributed by atoms with Crippen molar-refractivity contribution in [3.8, 4) is 0 Å². The van der Waals surface area contributed by atoms with Gasteiger partial charge in [-0.1, -0.05) is 41.9 Å². The molecule has 20 heavy (non-hydrogen) atoms. The number of nitrogens with one attached hydrogen (secondary N) is 1. The van der Waals surface area contributed by atoms with Crippen LogP contribution in [0.3, 0.4) is 0 Å². The van der Waals surface area contributed by atoms with E-state index >= 15 is 0 Å². The van der Waals surface area contributed by atoms with E-state index in [1.165, 1.54) is 6.08 Å². The Morgan fingerprint density at radius 2 is 1.85 bits per heavy atom. The van der Waals surface area contributed by atoms with E-state index in [1.54, 1.807) is 6.08 Å². The van der Waals surface area contributed by atoms with Crippen molar-refractivity contribution in [3.05, 3.63) is 70.3 Å². The molecular formula is C17H16ClNO. The summed E-state index contributed by atoms with van der Waals surface area (Å²) in [5.74, 6) is -0.156. The Morgan fingerprint density at radius 1 is 1.10 bits per heavy atom. The van der Waals surface area contributed by atoms with E-state index < -0.39 is 0 Å². The van der Waals surface area contributed by atoms with Gasteiger partial charge >= 0.3 is 0 Å². The lowest BCUT2D eigenvalue weighted by Crippen LogP contribution is -2.08. The molecule has 2 nitrogen and oxygen atoms in total. The van der Waals surface area contributed by atoms with Crippen LogP contribution in [0, 0.1) is 13.8 Å². The van der Waals surface area contributed by atoms with Crippen molar-refractivity contribution in [2.75, 3.05) is 5.32 Å². The van der Waals surface area contributed by atoms with E-state index in [-0.39, 0.29) is 5.91 Å². The number of halogens is 1. The van der Waals surface area contributed by atoms with Crippen LogP contribution < -0.4 is 5.32 Å². The largest absolute Gasteiger partial charge is 0.322 e. The van der Waals surface area contributed by atoms with Gasteiger partial charge in [0.2, 0.25) is 5.91 Å². The molecular weight excluding hydrogens is 270 g/mol. The summed E-state index contributed by atoms with van der Waals surface area (Å²) in [5.41, 5.74) is 3.78. The van der Waals surface area contributed by atoms with Gasteiger partial charge < -0.3 is 5.32 Å². The zero-order valence-electron chi connectivity index (χ0n) is 11.5. The monoisotopic (exact) mass is 285 g/mol. The van der Waals surface area contributed by atoms with Gasteiger partial charge in [0.05, 0.1) is 0 Å². The van der Waals surface area contributed by atoms with Crippen LogP contribution in [0.4, 0.5) is 5.69 Å². The Hall–Kier alpha value is -2.06. The van der Waals surface area contributed by atoms with E-state index in [0.29, 0.717) is 5.02 Å². The summed E-state index contributed by atoms with van der Waals surface area (Å²) < 4.78 is 0. The molecule has 0 saturated heterocycles.